The van der Waals surface area contributed by atoms with Crippen LogP contribution in [0.25, 0.3) is 11.2 Å². The molecule has 3 aromatic rings. The number of benzene rings is 1. The molecule has 0 aliphatic carbocycles. The largest absolute Gasteiger partial charge is 0.491 e. The van der Waals surface area contributed by atoms with Gasteiger partial charge in [-0.25, -0.2) is 4.79 Å². The van der Waals surface area contributed by atoms with E-state index in [1.54, 1.807) is 16.7 Å². The predicted molar refractivity (Wildman–Crippen MR) is 97.7 cm³/mol. The lowest BCUT2D eigenvalue weighted by molar-refractivity contribution is 0.0938. The zero-order chi connectivity index (χ0) is 18.7. The minimum atomic E-state index is -0.873. The third-order valence-electron chi connectivity index (χ3n) is 3.92. The van der Waals surface area contributed by atoms with Gasteiger partial charge in [-0.1, -0.05) is 18.2 Å². The molecule has 0 radical (unpaired) electrons. The fourth-order valence-electron chi connectivity index (χ4n) is 2.68. The number of imidazole rings is 1. The molecule has 0 fully saturated rings. The number of para-hydroxylation sites is 1. The first-order valence-electron chi connectivity index (χ1n) is 8.30. The predicted octanol–water partition coefficient (Wildman–Crippen LogP) is 0.295. The van der Waals surface area contributed by atoms with E-state index in [0.717, 1.165) is 0 Å². The minimum absolute atomic E-state index is 0.0545. The Kier molecular flexibility index (Phi) is 5.08. The van der Waals surface area contributed by atoms with Gasteiger partial charge in [-0.15, -0.1) is 0 Å². The van der Waals surface area contributed by atoms with Crippen LogP contribution in [0.5, 0.6) is 5.75 Å². The van der Waals surface area contributed by atoms with Crippen LogP contribution >= 0.6 is 0 Å². The number of aliphatic hydroxyl groups excluding tert-OH is 1. The maximum atomic E-state index is 12.3. The fourth-order valence-corrected chi connectivity index (χ4v) is 2.68. The van der Waals surface area contributed by atoms with Crippen molar-refractivity contribution in [3.05, 3.63) is 51.2 Å². The topological polar surface area (TPSA) is 114 Å². The van der Waals surface area contributed by atoms with Crippen molar-refractivity contribution < 1.29 is 9.84 Å². The molecule has 0 saturated carbocycles. The quantitative estimate of drug-likeness (QED) is 0.559. The van der Waals surface area contributed by atoms with Crippen molar-refractivity contribution in [2.24, 2.45) is 7.05 Å². The summed E-state index contributed by atoms with van der Waals surface area (Å²) in [6.45, 7) is 2.61. The van der Waals surface area contributed by atoms with Gasteiger partial charge in [0.25, 0.3) is 5.56 Å². The third kappa shape index (κ3) is 3.47. The lowest BCUT2D eigenvalue weighted by atomic mass is 10.3. The Labute approximate surface area is 148 Å². The first-order chi connectivity index (χ1) is 12.5. The summed E-state index contributed by atoms with van der Waals surface area (Å²) in [5.41, 5.74) is -0.605. The van der Waals surface area contributed by atoms with E-state index in [9.17, 15) is 14.7 Å². The number of ether oxygens (including phenoxy) is 1. The van der Waals surface area contributed by atoms with E-state index in [-0.39, 0.29) is 24.3 Å². The summed E-state index contributed by atoms with van der Waals surface area (Å²) in [7, 11) is 1.53. The fraction of sp³-hybridized carbons (Fsp3) is 0.353. The Morgan fingerprint density at radius 2 is 2.04 bits per heavy atom. The molecule has 2 heterocycles. The Morgan fingerprint density at radius 1 is 1.31 bits per heavy atom. The van der Waals surface area contributed by atoms with Gasteiger partial charge in [-0.2, -0.15) is 4.98 Å². The SMILES string of the molecule is CCNc1nc2c(c(=O)[nH]c(=O)n2C)n1C[C@@H](O)COc1ccccc1. The van der Waals surface area contributed by atoms with Crippen LogP contribution in [-0.4, -0.2) is 43.5 Å². The van der Waals surface area contributed by atoms with E-state index in [2.05, 4.69) is 15.3 Å². The number of fused-ring (bicyclic) bond motifs is 1. The Hall–Kier alpha value is -3.07. The van der Waals surface area contributed by atoms with Crippen LogP contribution in [0.4, 0.5) is 5.95 Å². The number of aromatic amines is 1. The molecule has 9 heteroatoms. The molecule has 9 nitrogen and oxygen atoms in total. The van der Waals surface area contributed by atoms with Crippen LogP contribution in [0.2, 0.25) is 0 Å². The van der Waals surface area contributed by atoms with E-state index in [0.29, 0.717) is 18.2 Å². The van der Waals surface area contributed by atoms with E-state index < -0.39 is 17.4 Å². The normalized spacial score (nSPS) is 12.3. The lowest BCUT2D eigenvalue weighted by Gasteiger charge is -2.15. The number of nitrogens with zero attached hydrogens (tertiary/aromatic N) is 3. The summed E-state index contributed by atoms with van der Waals surface area (Å²) >= 11 is 0. The number of hydrogen-bond acceptors (Lipinski definition) is 6. The second-order valence-corrected chi connectivity index (χ2v) is 5.84. The first-order valence-corrected chi connectivity index (χ1v) is 8.30. The lowest BCUT2D eigenvalue weighted by Crippen LogP contribution is -2.31. The molecule has 1 atom stereocenters. The highest BCUT2D eigenvalue weighted by Crippen LogP contribution is 2.16. The molecule has 0 unspecified atom stereocenters. The average molecular weight is 359 g/mol. The Morgan fingerprint density at radius 3 is 2.73 bits per heavy atom. The van der Waals surface area contributed by atoms with Crippen LogP contribution < -0.4 is 21.3 Å². The summed E-state index contributed by atoms with van der Waals surface area (Å²) in [6.07, 6.45) is -0.873. The van der Waals surface area contributed by atoms with Crippen molar-refractivity contribution in [1.82, 2.24) is 19.1 Å². The maximum absolute atomic E-state index is 12.3. The molecular weight excluding hydrogens is 338 g/mol. The molecule has 3 N–H and O–H groups in total. The number of aryl methyl sites for hydroxylation is 1. The summed E-state index contributed by atoms with van der Waals surface area (Å²) < 4.78 is 8.39. The van der Waals surface area contributed by atoms with Gasteiger partial charge < -0.3 is 19.7 Å². The smallest absolute Gasteiger partial charge is 0.329 e. The van der Waals surface area contributed by atoms with Crippen molar-refractivity contribution in [1.29, 1.82) is 0 Å². The monoisotopic (exact) mass is 359 g/mol. The maximum Gasteiger partial charge on any atom is 0.329 e. The molecule has 2 aromatic heterocycles. The van der Waals surface area contributed by atoms with Gasteiger partial charge in [0.15, 0.2) is 11.2 Å². The van der Waals surface area contributed by atoms with Gasteiger partial charge >= 0.3 is 5.69 Å². The molecule has 0 bridgehead atoms. The van der Waals surface area contributed by atoms with Crippen LogP contribution in [0.15, 0.2) is 39.9 Å². The number of nitrogens with one attached hydrogen (secondary N) is 2. The average Bonchev–Trinajstić information content (AvgIpc) is 2.98. The summed E-state index contributed by atoms with van der Waals surface area (Å²) in [5.74, 6) is 1.06. The molecule has 3 rings (SSSR count). The third-order valence-corrected chi connectivity index (χ3v) is 3.92. The second kappa shape index (κ2) is 7.44. The first kappa shape index (κ1) is 17.7. The van der Waals surface area contributed by atoms with Gasteiger partial charge in [0, 0.05) is 13.6 Å². The van der Waals surface area contributed by atoms with E-state index in [1.807, 2.05) is 25.1 Å². The molecule has 26 heavy (non-hydrogen) atoms. The Bertz CT molecular complexity index is 1010. The molecule has 0 saturated heterocycles. The minimum Gasteiger partial charge on any atom is -0.491 e. The second-order valence-electron chi connectivity index (χ2n) is 5.84. The number of H-pyrrole nitrogens is 1. The van der Waals surface area contributed by atoms with Crippen LogP contribution in [-0.2, 0) is 13.6 Å². The molecule has 1 aromatic carbocycles. The van der Waals surface area contributed by atoms with Crippen molar-refractivity contribution in [3.63, 3.8) is 0 Å². The zero-order valence-electron chi connectivity index (χ0n) is 14.6. The molecule has 138 valence electrons. The van der Waals surface area contributed by atoms with Crippen molar-refractivity contribution in [2.45, 2.75) is 19.6 Å². The number of hydrogen-bond donors (Lipinski definition) is 3. The van der Waals surface area contributed by atoms with Gasteiger partial charge in [-0.05, 0) is 19.1 Å². The van der Waals surface area contributed by atoms with Crippen molar-refractivity contribution in [3.8, 4) is 5.75 Å². The highest BCUT2D eigenvalue weighted by molar-refractivity contribution is 5.74. The molecule has 0 spiro atoms. The summed E-state index contributed by atoms with van der Waals surface area (Å²) in [5, 5.41) is 13.4. The van der Waals surface area contributed by atoms with Gasteiger partial charge in [0.1, 0.15) is 18.5 Å². The zero-order valence-corrected chi connectivity index (χ0v) is 14.6. The van der Waals surface area contributed by atoms with Gasteiger partial charge in [0.05, 0.1) is 6.54 Å². The number of rotatable bonds is 7. The molecular formula is C17H21N5O4. The highest BCUT2D eigenvalue weighted by Gasteiger charge is 2.19. The van der Waals surface area contributed by atoms with E-state index in [1.165, 1.54) is 11.6 Å². The number of aliphatic hydroxyl groups is 1. The Balaban J connectivity index is 1.90. The number of aromatic nitrogens is 4. The standard InChI is InChI=1S/C17H21N5O4/c1-3-18-16-19-14-13(15(24)20-17(25)21(14)2)22(16)9-11(23)10-26-12-7-5-4-6-8-12/h4-8,11,23H,3,9-10H2,1-2H3,(H,18,19)(H,20,24,25)/t11-/m1/s1. The van der Waals surface area contributed by atoms with Crippen molar-refractivity contribution in [2.75, 3.05) is 18.5 Å². The van der Waals surface area contributed by atoms with Crippen LogP contribution in [0.1, 0.15) is 6.92 Å². The molecule has 0 amide bonds. The summed E-state index contributed by atoms with van der Waals surface area (Å²) in [4.78, 5) is 30.7. The van der Waals surface area contributed by atoms with Crippen LogP contribution in [0.3, 0.4) is 0 Å². The molecule has 0 aliphatic heterocycles. The van der Waals surface area contributed by atoms with Crippen molar-refractivity contribution >= 4 is 17.1 Å². The van der Waals surface area contributed by atoms with E-state index >= 15 is 0 Å². The van der Waals surface area contributed by atoms with Gasteiger partial charge in [0.2, 0.25) is 5.95 Å². The molecule has 0 aliphatic rings. The van der Waals surface area contributed by atoms with E-state index in [4.69, 9.17) is 4.74 Å². The van der Waals surface area contributed by atoms with Crippen LogP contribution in [0, 0.1) is 0 Å². The number of anilines is 1. The summed E-state index contributed by atoms with van der Waals surface area (Å²) in [6, 6.07) is 9.15. The van der Waals surface area contributed by atoms with Gasteiger partial charge in [-0.3, -0.25) is 14.3 Å². The highest BCUT2D eigenvalue weighted by atomic mass is 16.5.